The van der Waals surface area contributed by atoms with Crippen LogP contribution in [0.15, 0.2) is 48.5 Å². The summed E-state index contributed by atoms with van der Waals surface area (Å²) in [6.07, 6.45) is 0. The third-order valence-electron chi connectivity index (χ3n) is 4.17. The minimum atomic E-state index is 0.475. The predicted octanol–water partition coefficient (Wildman–Crippen LogP) is 3.52. The minimum absolute atomic E-state index is 0.475. The number of ether oxygens (including phenoxy) is 2. The van der Waals surface area contributed by atoms with E-state index in [1.165, 1.54) is 0 Å². The molecule has 0 amide bonds. The van der Waals surface area contributed by atoms with Gasteiger partial charge in [-0.2, -0.15) is 5.26 Å². The van der Waals surface area contributed by atoms with E-state index in [4.69, 9.17) is 21.7 Å². The molecule has 0 saturated heterocycles. The van der Waals surface area contributed by atoms with Crippen LogP contribution in [0.5, 0.6) is 11.5 Å². The van der Waals surface area contributed by atoms with Gasteiger partial charge in [-0.3, -0.25) is 0 Å². The standard InChI is InChI=1S/C21H21N5O2S/c1-27-17-5-3-4-16(12-17)25-21(29)24-9-8-23-20-15(13-22)10-14-11-18(28-2)6-7-19(14)26-20/h3-7,10-12H,8-9H2,1-2H3,(H,23,26)(H2,24,25,29). The quantitative estimate of drug-likeness (QED) is 0.405. The van der Waals surface area contributed by atoms with E-state index in [1.807, 2.05) is 42.5 Å². The number of nitriles is 1. The van der Waals surface area contributed by atoms with Gasteiger partial charge in [-0.25, -0.2) is 4.98 Å². The van der Waals surface area contributed by atoms with Gasteiger partial charge < -0.3 is 25.4 Å². The van der Waals surface area contributed by atoms with E-state index >= 15 is 0 Å². The number of rotatable bonds is 7. The first kappa shape index (κ1) is 20.2. The Hall–Kier alpha value is -3.57. The molecule has 0 aliphatic carbocycles. The highest BCUT2D eigenvalue weighted by Gasteiger charge is 2.07. The molecule has 29 heavy (non-hydrogen) atoms. The first-order chi connectivity index (χ1) is 14.1. The highest BCUT2D eigenvalue weighted by Crippen LogP contribution is 2.24. The summed E-state index contributed by atoms with van der Waals surface area (Å²) in [5.74, 6) is 2.02. The van der Waals surface area contributed by atoms with Gasteiger partial charge in [0.15, 0.2) is 5.11 Å². The molecule has 1 heterocycles. The van der Waals surface area contributed by atoms with Crippen molar-refractivity contribution < 1.29 is 9.47 Å². The van der Waals surface area contributed by atoms with Crippen LogP contribution in [0.4, 0.5) is 11.5 Å². The maximum absolute atomic E-state index is 9.44. The number of fused-ring (bicyclic) bond motifs is 1. The Morgan fingerprint density at radius 2 is 1.86 bits per heavy atom. The van der Waals surface area contributed by atoms with Gasteiger partial charge in [0.05, 0.1) is 25.3 Å². The molecule has 0 fully saturated rings. The summed E-state index contributed by atoms with van der Waals surface area (Å²) < 4.78 is 10.4. The number of nitrogens with zero attached hydrogens (tertiary/aromatic N) is 2. The van der Waals surface area contributed by atoms with Crippen molar-refractivity contribution in [1.82, 2.24) is 10.3 Å². The number of nitrogens with one attached hydrogen (secondary N) is 3. The molecule has 0 spiro atoms. The van der Waals surface area contributed by atoms with Crippen LogP contribution in [-0.2, 0) is 0 Å². The summed E-state index contributed by atoms with van der Waals surface area (Å²) in [4.78, 5) is 4.55. The molecule has 3 N–H and O–H groups in total. The second-order valence-electron chi connectivity index (χ2n) is 6.09. The average molecular weight is 407 g/mol. The molecular formula is C21H21N5O2S. The molecule has 148 valence electrons. The molecule has 2 aromatic carbocycles. The number of hydrogen-bond acceptors (Lipinski definition) is 6. The van der Waals surface area contributed by atoms with Crippen molar-refractivity contribution in [3.63, 3.8) is 0 Å². The van der Waals surface area contributed by atoms with Gasteiger partial charge in [-0.05, 0) is 48.6 Å². The Morgan fingerprint density at radius 3 is 2.62 bits per heavy atom. The first-order valence-corrected chi connectivity index (χ1v) is 9.35. The normalized spacial score (nSPS) is 10.1. The summed E-state index contributed by atoms with van der Waals surface area (Å²) in [6.45, 7) is 1.10. The Labute approximate surface area is 174 Å². The molecule has 3 rings (SSSR count). The molecule has 0 bridgehead atoms. The van der Waals surface area contributed by atoms with Gasteiger partial charge in [-0.15, -0.1) is 0 Å². The SMILES string of the molecule is COc1cccc(NC(=S)NCCNc2nc3ccc(OC)cc3cc2C#N)c1. The van der Waals surface area contributed by atoms with Crippen LogP contribution in [0.1, 0.15) is 5.56 Å². The second kappa shape index (κ2) is 9.57. The Bertz CT molecular complexity index is 1060. The van der Waals surface area contributed by atoms with Crippen LogP contribution in [-0.4, -0.2) is 37.4 Å². The van der Waals surface area contributed by atoms with E-state index < -0.39 is 0 Å². The van der Waals surface area contributed by atoms with E-state index in [2.05, 4.69) is 27.0 Å². The molecule has 0 atom stereocenters. The number of anilines is 2. The molecular weight excluding hydrogens is 386 g/mol. The molecule has 1 aromatic heterocycles. The lowest BCUT2D eigenvalue weighted by Crippen LogP contribution is -2.32. The lowest BCUT2D eigenvalue weighted by Gasteiger charge is -2.13. The van der Waals surface area contributed by atoms with Crippen molar-refractivity contribution in [3.8, 4) is 17.6 Å². The van der Waals surface area contributed by atoms with Gasteiger partial charge in [0, 0.05) is 30.2 Å². The van der Waals surface area contributed by atoms with Crippen molar-refractivity contribution in [3.05, 3.63) is 54.1 Å². The minimum Gasteiger partial charge on any atom is -0.497 e. The molecule has 0 saturated carbocycles. The van der Waals surface area contributed by atoms with Crippen LogP contribution in [0, 0.1) is 11.3 Å². The topological polar surface area (TPSA) is 91.2 Å². The molecule has 3 aromatic rings. The molecule has 0 unspecified atom stereocenters. The zero-order chi connectivity index (χ0) is 20.6. The van der Waals surface area contributed by atoms with E-state index in [9.17, 15) is 5.26 Å². The fourth-order valence-corrected chi connectivity index (χ4v) is 2.95. The Morgan fingerprint density at radius 1 is 1.07 bits per heavy atom. The smallest absolute Gasteiger partial charge is 0.170 e. The third kappa shape index (κ3) is 5.24. The molecule has 0 aliphatic rings. The highest BCUT2D eigenvalue weighted by molar-refractivity contribution is 7.80. The Kier molecular flexibility index (Phi) is 6.66. The van der Waals surface area contributed by atoms with Gasteiger partial charge >= 0.3 is 0 Å². The predicted molar refractivity (Wildman–Crippen MR) is 119 cm³/mol. The van der Waals surface area contributed by atoms with Gasteiger partial charge in [0.25, 0.3) is 0 Å². The fourth-order valence-electron chi connectivity index (χ4n) is 2.73. The van der Waals surface area contributed by atoms with Crippen molar-refractivity contribution in [2.75, 3.05) is 37.9 Å². The molecule has 0 aliphatic heterocycles. The van der Waals surface area contributed by atoms with Crippen molar-refractivity contribution >= 4 is 39.7 Å². The number of hydrogen-bond donors (Lipinski definition) is 3. The number of pyridine rings is 1. The fraction of sp³-hybridized carbons (Fsp3) is 0.190. The third-order valence-corrected chi connectivity index (χ3v) is 4.42. The lowest BCUT2D eigenvalue weighted by atomic mass is 10.1. The van der Waals surface area contributed by atoms with Crippen LogP contribution in [0.25, 0.3) is 10.9 Å². The Balaban J connectivity index is 1.56. The number of thiocarbonyl (C=S) groups is 1. The van der Waals surface area contributed by atoms with E-state index in [0.717, 1.165) is 28.1 Å². The lowest BCUT2D eigenvalue weighted by molar-refractivity contribution is 0.415. The summed E-state index contributed by atoms with van der Waals surface area (Å²) >= 11 is 5.31. The number of benzene rings is 2. The van der Waals surface area contributed by atoms with E-state index in [-0.39, 0.29) is 0 Å². The van der Waals surface area contributed by atoms with Gasteiger partial charge in [0.2, 0.25) is 0 Å². The number of methoxy groups -OCH3 is 2. The zero-order valence-electron chi connectivity index (χ0n) is 16.2. The van der Waals surface area contributed by atoms with Crippen LogP contribution >= 0.6 is 12.2 Å². The van der Waals surface area contributed by atoms with Crippen LogP contribution in [0.3, 0.4) is 0 Å². The summed E-state index contributed by atoms with van der Waals surface area (Å²) in [5, 5.41) is 20.2. The summed E-state index contributed by atoms with van der Waals surface area (Å²) in [6, 6.07) is 17.1. The van der Waals surface area contributed by atoms with Gasteiger partial charge in [0.1, 0.15) is 23.4 Å². The molecule has 0 radical (unpaired) electrons. The number of aromatic nitrogens is 1. The van der Waals surface area contributed by atoms with E-state index in [0.29, 0.717) is 29.6 Å². The maximum Gasteiger partial charge on any atom is 0.170 e. The monoisotopic (exact) mass is 407 g/mol. The summed E-state index contributed by atoms with van der Waals surface area (Å²) in [7, 11) is 3.23. The first-order valence-electron chi connectivity index (χ1n) is 8.94. The molecule has 7 nitrogen and oxygen atoms in total. The van der Waals surface area contributed by atoms with Crippen molar-refractivity contribution in [2.24, 2.45) is 0 Å². The zero-order valence-corrected chi connectivity index (χ0v) is 17.0. The highest BCUT2D eigenvalue weighted by atomic mass is 32.1. The largest absolute Gasteiger partial charge is 0.497 e. The van der Waals surface area contributed by atoms with Crippen molar-refractivity contribution in [1.29, 1.82) is 5.26 Å². The average Bonchev–Trinajstić information content (AvgIpc) is 2.75. The van der Waals surface area contributed by atoms with Crippen LogP contribution in [0.2, 0.25) is 0 Å². The van der Waals surface area contributed by atoms with Gasteiger partial charge in [-0.1, -0.05) is 6.07 Å². The van der Waals surface area contributed by atoms with E-state index in [1.54, 1.807) is 20.3 Å². The second-order valence-corrected chi connectivity index (χ2v) is 6.50. The summed E-state index contributed by atoms with van der Waals surface area (Å²) in [5.41, 5.74) is 2.10. The molecule has 8 heteroatoms. The van der Waals surface area contributed by atoms with Crippen LogP contribution < -0.4 is 25.4 Å². The maximum atomic E-state index is 9.44. The van der Waals surface area contributed by atoms with Crippen molar-refractivity contribution in [2.45, 2.75) is 0 Å².